The van der Waals surface area contributed by atoms with Crippen LogP contribution in [0.3, 0.4) is 0 Å². The zero-order valence-corrected chi connectivity index (χ0v) is 12.4. The number of carbonyl (C=O) groups is 1. The van der Waals surface area contributed by atoms with Crippen molar-refractivity contribution in [1.82, 2.24) is 25.3 Å². The van der Waals surface area contributed by atoms with Crippen molar-refractivity contribution in [3.63, 3.8) is 0 Å². The van der Waals surface area contributed by atoms with E-state index in [4.69, 9.17) is 0 Å². The molecule has 1 atom stereocenters. The third kappa shape index (κ3) is 3.77. The zero-order chi connectivity index (χ0) is 15.4. The molecule has 2 heterocycles. The van der Waals surface area contributed by atoms with Crippen molar-refractivity contribution in [1.29, 1.82) is 0 Å². The van der Waals surface area contributed by atoms with Gasteiger partial charge in [0.25, 0.3) is 5.56 Å². The van der Waals surface area contributed by atoms with Gasteiger partial charge in [-0.1, -0.05) is 0 Å². The molecular formula is C14H19N5O2. The molecule has 1 amide bonds. The number of nitrogens with one attached hydrogen (secondary N) is 3. The van der Waals surface area contributed by atoms with Crippen LogP contribution in [0, 0.1) is 13.8 Å². The van der Waals surface area contributed by atoms with Gasteiger partial charge in [-0.05, 0) is 27.2 Å². The first-order valence-electron chi connectivity index (χ1n) is 6.82. The number of aromatic nitrogens is 4. The van der Waals surface area contributed by atoms with Crippen LogP contribution in [-0.4, -0.2) is 25.8 Å². The Morgan fingerprint density at radius 3 is 2.81 bits per heavy atom. The molecule has 7 nitrogen and oxygen atoms in total. The maximum absolute atomic E-state index is 11.9. The van der Waals surface area contributed by atoms with Crippen molar-refractivity contribution in [2.24, 2.45) is 0 Å². The number of amides is 1. The molecular weight excluding hydrogens is 270 g/mol. The SMILES string of the molecule is Cc1nc(C)c(CCC(=O)NC(C)c2ncc[nH]2)c(=O)[nH]1. The Morgan fingerprint density at radius 1 is 1.43 bits per heavy atom. The Balaban J connectivity index is 1.94. The molecule has 0 saturated heterocycles. The predicted molar refractivity (Wildman–Crippen MR) is 77.8 cm³/mol. The summed E-state index contributed by atoms with van der Waals surface area (Å²) in [5, 5.41) is 2.84. The van der Waals surface area contributed by atoms with Gasteiger partial charge in [-0.25, -0.2) is 9.97 Å². The maximum atomic E-state index is 11.9. The summed E-state index contributed by atoms with van der Waals surface area (Å²) < 4.78 is 0. The summed E-state index contributed by atoms with van der Waals surface area (Å²) in [4.78, 5) is 37.7. The van der Waals surface area contributed by atoms with Crippen molar-refractivity contribution in [3.8, 4) is 0 Å². The fourth-order valence-corrected chi connectivity index (χ4v) is 2.18. The van der Waals surface area contributed by atoms with E-state index in [1.807, 2.05) is 6.92 Å². The van der Waals surface area contributed by atoms with Crippen molar-refractivity contribution >= 4 is 5.91 Å². The largest absolute Gasteiger partial charge is 0.347 e. The van der Waals surface area contributed by atoms with Gasteiger partial charge in [-0.15, -0.1) is 0 Å². The average molecular weight is 289 g/mol. The highest BCUT2D eigenvalue weighted by Gasteiger charge is 2.13. The number of rotatable bonds is 5. The summed E-state index contributed by atoms with van der Waals surface area (Å²) in [7, 11) is 0. The lowest BCUT2D eigenvalue weighted by Gasteiger charge is -2.11. The summed E-state index contributed by atoms with van der Waals surface area (Å²) in [6.45, 7) is 5.36. The van der Waals surface area contributed by atoms with E-state index in [1.165, 1.54) is 0 Å². The van der Waals surface area contributed by atoms with Gasteiger partial charge in [0, 0.05) is 30.1 Å². The Morgan fingerprint density at radius 2 is 2.19 bits per heavy atom. The van der Waals surface area contributed by atoms with Crippen molar-refractivity contribution in [2.45, 2.75) is 39.7 Å². The average Bonchev–Trinajstić information content (AvgIpc) is 2.91. The van der Waals surface area contributed by atoms with Crippen LogP contribution in [0.2, 0.25) is 0 Å². The van der Waals surface area contributed by atoms with Crippen LogP contribution in [0.5, 0.6) is 0 Å². The molecule has 0 radical (unpaired) electrons. The third-order valence-corrected chi connectivity index (χ3v) is 3.25. The lowest BCUT2D eigenvalue weighted by Crippen LogP contribution is -2.28. The first-order valence-corrected chi connectivity index (χ1v) is 6.82. The predicted octanol–water partition coefficient (Wildman–Crippen LogP) is 0.920. The second kappa shape index (κ2) is 6.34. The Kier molecular flexibility index (Phi) is 4.52. The first-order chi connectivity index (χ1) is 9.97. The van der Waals surface area contributed by atoms with Crippen molar-refractivity contribution < 1.29 is 4.79 Å². The molecule has 0 saturated carbocycles. The van der Waals surface area contributed by atoms with Gasteiger partial charge in [0.15, 0.2) is 0 Å². The molecule has 0 bridgehead atoms. The van der Waals surface area contributed by atoms with Gasteiger partial charge in [-0.2, -0.15) is 0 Å². The summed E-state index contributed by atoms with van der Waals surface area (Å²) in [6.07, 6.45) is 3.95. The summed E-state index contributed by atoms with van der Waals surface area (Å²) in [5.74, 6) is 1.16. The number of H-pyrrole nitrogens is 2. The lowest BCUT2D eigenvalue weighted by molar-refractivity contribution is -0.121. The highest BCUT2D eigenvalue weighted by Crippen LogP contribution is 2.07. The van der Waals surface area contributed by atoms with Crippen molar-refractivity contribution in [3.05, 3.63) is 45.7 Å². The van der Waals surface area contributed by atoms with E-state index in [9.17, 15) is 9.59 Å². The van der Waals surface area contributed by atoms with Crippen LogP contribution in [0.4, 0.5) is 0 Å². The molecule has 0 spiro atoms. The fraction of sp³-hybridized carbons (Fsp3) is 0.429. The number of hydrogen-bond acceptors (Lipinski definition) is 4. The monoisotopic (exact) mass is 289 g/mol. The molecule has 2 rings (SSSR count). The van der Waals surface area contributed by atoms with E-state index >= 15 is 0 Å². The molecule has 0 aromatic carbocycles. The van der Waals surface area contributed by atoms with Gasteiger partial charge < -0.3 is 15.3 Å². The summed E-state index contributed by atoms with van der Waals surface area (Å²) in [6, 6.07) is -0.192. The molecule has 21 heavy (non-hydrogen) atoms. The maximum Gasteiger partial charge on any atom is 0.254 e. The highest BCUT2D eigenvalue weighted by molar-refractivity contribution is 5.76. The van der Waals surface area contributed by atoms with Gasteiger partial charge in [0.05, 0.1) is 6.04 Å². The molecule has 0 aliphatic rings. The van der Waals surface area contributed by atoms with E-state index < -0.39 is 0 Å². The van der Waals surface area contributed by atoms with Gasteiger partial charge in [0.1, 0.15) is 11.6 Å². The van der Waals surface area contributed by atoms with E-state index in [0.717, 1.165) is 0 Å². The van der Waals surface area contributed by atoms with Gasteiger partial charge in [-0.3, -0.25) is 9.59 Å². The Hall–Kier alpha value is -2.44. The molecule has 1 unspecified atom stereocenters. The topological polar surface area (TPSA) is 104 Å². The molecule has 2 aromatic rings. The molecule has 7 heteroatoms. The number of aryl methyl sites for hydroxylation is 2. The number of hydrogen-bond donors (Lipinski definition) is 3. The Bertz CT molecular complexity index is 675. The van der Waals surface area contributed by atoms with Gasteiger partial charge in [0.2, 0.25) is 5.91 Å². The standard InChI is InChI=1S/C14H19N5O2/c1-8-11(14(21)19-10(3)17-8)4-5-12(20)18-9(2)13-15-6-7-16-13/h6-7,9H,4-5H2,1-3H3,(H,15,16)(H,18,20)(H,17,19,21). The molecule has 3 N–H and O–H groups in total. The number of imidazole rings is 1. The summed E-state index contributed by atoms with van der Waals surface area (Å²) >= 11 is 0. The van der Waals surface area contributed by atoms with Crippen LogP contribution < -0.4 is 10.9 Å². The van der Waals surface area contributed by atoms with Crippen LogP contribution in [0.15, 0.2) is 17.2 Å². The quantitative estimate of drug-likeness (QED) is 0.761. The molecule has 0 aliphatic carbocycles. The molecule has 112 valence electrons. The minimum Gasteiger partial charge on any atom is -0.347 e. The molecule has 0 aliphatic heterocycles. The fourth-order valence-electron chi connectivity index (χ4n) is 2.18. The van der Waals surface area contributed by atoms with Crippen LogP contribution in [0.25, 0.3) is 0 Å². The van der Waals surface area contributed by atoms with E-state index in [0.29, 0.717) is 29.3 Å². The second-order valence-electron chi connectivity index (χ2n) is 4.98. The first kappa shape index (κ1) is 15.0. The van der Waals surface area contributed by atoms with Crippen LogP contribution >= 0.6 is 0 Å². The minimum atomic E-state index is -0.192. The van der Waals surface area contributed by atoms with Crippen molar-refractivity contribution in [2.75, 3.05) is 0 Å². The number of nitrogens with zero attached hydrogens (tertiary/aromatic N) is 2. The van der Waals surface area contributed by atoms with E-state index in [1.54, 1.807) is 26.2 Å². The highest BCUT2D eigenvalue weighted by atomic mass is 16.1. The Labute approximate surface area is 122 Å². The zero-order valence-electron chi connectivity index (χ0n) is 12.4. The molecule has 2 aromatic heterocycles. The smallest absolute Gasteiger partial charge is 0.254 e. The van der Waals surface area contributed by atoms with Crippen LogP contribution in [0.1, 0.15) is 42.3 Å². The second-order valence-corrected chi connectivity index (χ2v) is 4.98. The van der Waals surface area contributed by atoms with E-state index in [2.05, 4.69) is 25.3 Å². The third-order valence-electron chi connectivity index (χ3n) is 3.25. The lowest BCUT2D eigenvalue weighted by atomic mass is 10.1. The van der Waals surface area contributed by atoms with Crippen LogP contribution in [-0.2, 0) is 11.2 Å². The minimum absolute atomic E-state index is 0.127. The van der Waals surface area contributed by atoms with E-state index in [-0.39, 0.29) is 23.9 Å². The normalized spacial score (nSPS) is 12.1. The number of carbonyl (C=O) groups excluding carboxylic acids is 1. The van der Waals surface area contributed by atoms with Gasteiger partial charge >= 0.3 is 0 Å². The molecule has 0 fully saturated rings. The number of aromatic amines is 2. The summed E-state index contributed by atoms with van der Waals surface area (Å²) in [5.41, 5.74) is 1.05.